The first-order valence-corrected chi connectivity index (χ1v) is 9.35. The molecule has 0 aliphatic rings. The molecule has 0 aliphatic heterocycles. The summed E-state index contributed by atoms with van der Waals surface area (Å²) in [6.07, 6.45) is 2.41. The molecule has 0 aliphatic carbocycles. The van der Waals surface area contributed by atoms with E-state index < -0.39 is 0 Å². The molecular formula is C22H22N4O2. The highest BCUT2D eigenvalue weighted by molar-refractivity contribution is 6.07. The van der Waals surface area contributed by atoms with Crippen LogP contribution in [0, 0.1) is 13.8 Å². The summed E-state index contributed by atoms with van der Waals surface area (Å²) in [5.74, 6) is 0.532. The molecule has 0 radical (unpaired) electrons. The van der Waals surface area contributed by atoms with Gasteiger partial charge in [-0.3, -0.25) is 9.48 Å². The summed E-state index contributed by atoms with van der Waals surface area (Å²) >= 11 is 0. The molecule has 0 unspecified atom stereocenters. The molecule has 6 heteroatoms. The summed E-state index contributed by atoms with van der Waals surface area (Å²) in [7, 11) is 0. The van der Waals surface area contributed by atoms with Gasteiger partial charge < -0.3 is 9.73 Å². The minimum Gasteiger partial charge on any atom is -0.463 e. The maximum absolute atomic E-state index is 12.9. The zero-order valence-electron chi connectivity index (χ0n) is 16.0. The number of hydrogen-bond acceptors (Lipinski definition) is 4. The predicted molar refractivity (Wildman–Crippen MR) is 108 cm³/mol. The number of rotatable bonds is 6. The van der Waals surface area contributed by atoms with Crippen molar-refractivity contribution in [3.8, 4) is 11.5 Å². The second kappa shape index (κ2) is 7.68. The van der Waals surface area contributed by atoms with E-state index in [-0.39, 0.29) is 5.91 Å². The summed E-state index contributed by atoms with van der Waals surface area (Å²) in [5, 5.41) is 8.30. The average molecular weight is 374 g/mol. The highest BCUT2D eigenvalue weighted by Crippen LogP contribution is 2.25. The molecule has 0 fully saturated rings. The first-order chi connectivity index (χ1) is 13.6. The third kappa shape index (κ3) is 3.67. The van der Waals surface area contributed by atoms with E-state index in [1.807, 2.05) is 54.9 Å². The molecule has 0 saturated heterocycles. The predicted octanol–water partition coefficient (Wildman–Crippen LogP) is 4.13. The van der Waals surface area contributed by atoms with Gasteiger partial charge in [-0.2, -0.15) is 5.10 Å². The Morgan fingerprint density at radius 3 is 2.75 bits per heavy atom. The van der Waals surface area contributed by atoms with Crippen molar-refractivity contribution in [3.05, 3.63) is 71.7 Å². The standard InChI is InChI=1S/C22H22N4O2/c1-15-13-16(2)26(25-15)11-6-10-23-22(27)18-14-20(21-9-5-12-28-21)24-19-8-4-3-7-17(18)19/h3-5,7-9,12-14H,6,10-11H2,1-2H3,(H,23,27). The zero-order chi connectivity index (χ0) is 19.5. The summed E-state index contributed by atoms with van der Waals surface area (Å²) in [6.45, 7) is 5.37. The van der Waals surface area contributed by atoms with Crippen LogP contribution in [0.2, 0.25) is 0 Å². The molecule has 1 amide bonds. The molecule has 4 rings (SSSR count). The molecule has 1 N–H and O–H groups in total. The zero-order valence-corrected chi connectivity index (χ0v) is 16.0. The Hall–Kier alpha value is -3.41. The number of fused-ring (bicyclic) bond motifs is 1. The molecule has 3 aromatic heterocycles. The Balaban J connectivity index is 1.51. The SMILES string of the molecule is Cc1cc(C)n(CCCNC(=O)c2cc(-c3ccco3)nc3ccccc23)n1. The van der Waals surface area contributed by atoms with E-state index in [1.165, 1.54) is 0 Å². The molecule has 4 aromatic rings. The normalized spacial score (nSPS) is 11.1. The van der Waals surface area contributed by atoms with Gasteiger partial charge >= 0.3 is 0 Å². The van der Waals surface area contributed by atoms with Crippen molar-refractivity contribution in [1.29, 1.82) is 0 Å². The molecular weight excluding hydrogens is 352 g/mol. The van der Waals surface area contributed by atoms with Crippen molar-refractivity contribution in [3.63, 3.8) is 0 Å². The highest BCUT2D eigenvalue weighted by Gasteiger charge is 2.14. The molecule has 0 spiro atoms. The number of hydrogen-bond donors (Lipinski definition) is 1. The lowest BCUT2D eigenvalue weighted by atomic mass is 10.1. The molecule has 28 heavy (non-hydrogen) atoms. The van der Waals surface area contributed by atoms with Crippen molar-refractivity contribution < 1.29 is 9.21 Å². The van der Waals surface area contributed by atoms with E-state index in [0.717, 1.165) is 35.3 Å². The van der Waals surface area contributed by atoms with Crippen LogP contribution in [0.1, 0.15) is 28.2 Å². The second-order valence-electron chi connectivity index (χ2n) is 6.81. The molecule has 142 valence electrons. The van der Waals surface area contributed by atoms with Crippen LogP contribution in [0.25, 0.3) is 22.4 Å². The van der Waals surface area contributed by atoms with Crippen LogP contribution < -0.4 is 5.32 Å². The first kappa shape index (κ1) is 18.0. The van der Waals surface area contributed by atoms with Gasteiger partial charge in [0.25, 0.3) is 5.91 Å². The van der Waals surface area contributed by atoms with Crippen molar-refractivity contribution in [2.45, 2.75) is 26.8 Å². The van der Waals surface area contributed by atoms with Gasteiger partial charge in [0.05, 0.1) is 23.0 Å². The first-order valence-electron chi connectivity index (χ1n) is 9.35. The lowest BCUT2D eigenvalue weighted by Gasteiger charge is -2.10. The Kier molecular flexibility index (Phi) is 4.93. The number of furan rings is 1. The number of nitrogens with zero attached hydrogens (tertiary/aromatic N) is 3. The minimum atomic E-state index is -0.111. The smallest absolute Gasteiger partial charge is 0.252 e. The van der Waals surface area contributed by atoms with Gasteiger partial charge in [0.1, 0.15) is 5.69 Å². The lowest BCUT2D eigenvalue weighted by Crippen LogP contribution is -2.26. The largest absolute Gasteiger partial charge is 0.463 e. The van der Waals surface area contributed by atoms with Gasteiger partial charge in [0.2, 0.25) is 0 Å². The fourth-order valence-electron chi connectivity index (χ4n) is 3.34. The van der Waals surface area contributed by atoms with Crippen molar-refractivity contribution in [1.82, 2.24) is 20.1 Å². The third-order valence-electron chi connectivity index (χ3n) is 4.67. The van der Waals surface area contributed by atoms with Gasteiger partial charge in [0.15, 0.2) is 5.76 Å². The van der Waals surface area contributed by atoms with Crippen molar-refractivity contribution >= 4 is 16.8 Å². The molecule has 6 nitrogen and oxygen atoms in total. The number of carbonyl (C=O) groups excluding carboxylic acids is 1. The van der Waals surface area contributed by atoms with E-state index in [9.17, 15) is 4.79 Å². The summed E-state index contributed by atoms with van der Waals surface area (Å²) < 4.78 is 7.43. The monoisotopic (exact) mass is 374 g/mol. The van der Waals surface area contributed by atoms with Gasteiger partial charge in [-0.05, 0) is 50.6 Å². The molecule has 0 atom stereocenters. The van der Waals surface area contributed by atoms with E-state index >= 15 is 0 Å². The Morgan fingerprint density at radius 1 is 1.14 bits per heavy atom. The Bertz CT molecular complexity index is 1110. The summed E-state index contributed by atoms with van der Waals surface area (Å²) in [4.78, 5) is 17.5. The van der Waals surface area contributed by atoms with Gasteiger partial charge in [-0.25, -0.2) is 4.98 Å². The van der Waals surface area contributed by atoms with Crippen molar-refractivity contribution in [2.24, 2.45) is 0 Å². The van der Waals surface area contributed by atoms with Crippen LogP contribution in [0.3, 0.4) is 0 Å². The number of nitrogens with one attached hydrogen (secondary N) is 1. The molecule has 1 aromatic carbocycles. The van der Waals surface area contributed by atoms with Crippen LogP contribution in [0.15, 0.2) is 59.2 Å². The van der Waals surface area contributed by atoms with Crippen molar-refractivity contribution in [2.75, 3.05) is 6.54 Å². The lowest BCUT2D eigenvalue weighted by molar-refractivity contribution is 0.0954. The topological polar surface area (TPSA) is 73.0 Å². The maximum Gasteiger partial charge on any atom is 0.252 e. The fourth-order valence-corrected chi connectivity index (χ4v) is 3.34. The second-order valence-corrected chi connectivity index (χ2v) is 6.81. The number of para-hydroxylation sites is 1. The highest BCUT2D eigenvalue weighted by atomic mass is 16.3. The summed E-state index contributed by atoms with van der Waals surface area (Å²) in [5.41, 5.74) is 4.16. The molecule has 0 bridgehead atoms. The molecule has 0 saturated carbocycles. The number of carbonyl (C=O) groups is 1. The van der Waals surface area contributed by atoms with Crippen LogP contribution in [0.4, 0.5) is 0 Å². The van der Waals surface area contributed by atoms with Gasteiger partial charge in [-0.1, -0.05) is 18.2 Å². The number of pyridine rings is 1. The van der Waals surface area contributed by atoms with Crippen LogP contribution in [-0.4, -0.2) is 27.2 Å². The number of benzene rings is 1. The maximum atomic E-state index is 12.9. The van der Waals surface area contributed by atoms with Gasteiger partial charge in [-0.15, -0.1) is 0 Å². The van der Waals surface area contributed by atoms with E-state index in [1.54, 1.807) is 12.3 Å². The third-order valence-corrected chi connectivity index (χ3v) is 4.67. The minimum absolute atomic E-state index is 0.111. The number of aromatic nitrogens is 3. The number of aryl methyl sites for hydroxylation is 3. The van der Waals surface area contributed by atoms with Gasteiger partial charge in [0, 0.05) is 24.2 Å². The Labute approximate surface area is 163 Å². The molecule has 3 heterocycles. The van der Waals surface area contributed by atoms with Crippen LogP contribution >= 0.6 is 0 Å². The van der Waals surface area contributed by atoms with Crippen LogP contribution in [-0.2, 0) is 6.54 Å². The fraction of sp³-hybridized carbons (Fsp3) is 0.227. The number of amides is 1. The van der Waals surface area contributed by atoms with E-state index in [2.05, 4.69) is 21.5 Å². The van der Waals surface area contributed by atoms with Crippen LogP contribution in [0.5, 0.6) is 0 Å². The van der Waals surface area contributed by atoms with E-state index in [0.29, 0.717) is 23.6 Å². The average Bonchev–Trinajstić information content (AvgIpc) is 3.34. The Morgan fingerprint density at radius 2 is 2.00 bits per heavy atom. The summed E-state index contributed by atoms with van der Waals surface area (Å²) in [6, 6.07) is 15.1. The van der Waals surface area contributed by atoms with E-state index in [4.69, 9.17) is 4.42 Å². The quantitative estimate of drug-likeness (QED) is 0.515.